The Bertz CT molecular complexity index is 707. The lowest BCUT2D eigenvalue weighted by Crippen LogP contribution is -2.14. The van der Waals surface area contributed by atoms with E-state index < -0.39 is 0 Å². The number of rotatable bonds is 1. The lowest BCUT2D eigenvalue weighted by molar-refractivity contribution is 1.17. The molecule has 0 unspecified atom stereocenters. The number of hydrogen-bond donors (Lipinski definition) is 0. The Labute approximate surface area is 136 Å². The highest BCUT2D eigenvalue weighted by atomic mass is 32.2. The number of para-hydroxylation sites is 3. The average Bonchev–Trinajstić information content (AvgIpc) is 2.62. The zero-order valence-electron chi connectivity index (χ0n) is 12.9. The van der Waals surface area contributed by atoms with Crippen LogP contribution in [0.1, 0.15) is 13.8 Å². The molecule has 0 saturated carbocycles. The van der Waals surface area contributed by atoms with Gasteiger partial charge >= 0.3 is 0 Å². The molecule has 0 saturated heterocycles. The van der Waals surface area contributed by atoms with Crippen LogP contribution in [0, 0.1) is 0 Å². The van der Waals surface area contributed by atoms with Gasteiger partial charge < -0.3 is 4.90 Å². The lowest BCUT2D eigenvalue weighted by Gasteiger charge is -2.32. The fourth-order valence-corrected chi connectivity index (χ4v) is 3.62. The van der Waals surface area contributed by atoms with Crippen LogP contribution in [-0.4, -0.2) is 0 Å². The normalized spacial score (nSPS) is 11.8. The molecule has 0 spiro atoms. The van der Waals surface area contributed by atoms with Crippen LogP contribution in [-0.2, 0) is 0 Å². The van der Waals surface area contributed by atoms with Crippen molar-refractivity contribution in [3.05, 3.63) is 78.9 Å². The summed E-state index contributed by atoms with van der Waals surface area (Å²) in [6.07, 6.45) is 0. The summed E-state index contributed by atoms with van der Waals surface area (Å²) < 4.78 is 0. The SMILES string of the molecule is CC.c1ccc(N2c3ccccc3Sc3ccccc32)cc1. The fourth-order valence-electron chi connectivity index (χ4n) is 2.56. The molecule has 22 heavy (non-hydrogen) atoms. The zero-order valence-corrected chi connectivity index (χ0v) is 13.7. The van der Waals surface area contributed by atoms with Gasteiger partial charge in [-0.05, 0) is 36.4 Å². The highest BCUT2D eigenvalue weighted by Gasteiger charge is 2.23. The Morgan fingerprint density at radius 2 is 1.05 bits per heavy atom. The highest BCUT2D eigenvalue weighted by Crippen LogP contribution is 2.50. The molecule has 0 bridgehead atoms. The summed E-state index contributed by atoms with van der Waals surface area (Å²) in [5, 5.41) is 0. The standard InChI is InChI=1S/C18H13NS.C2H6/c1-2-8-14(9-3-1)19-15-10-4-6-12-17(15)20-18-13-7-5-11-16(18)19;1-2/h1-13H;1-2H3. The van der Waals surface area contributed by atoms with Crippen molar-refractivity contribution in [1.29, 1.82) is 0 Å². The molecule has 1 heterocycles. The molecular weight excluding hydrogens is 286 g/mol. The predicted molar refractivity (Wildman–Crippen MR) is 96.6 cm³/mol. The Balaban J connectivity index is 0.000000693. The van der Waals surface area contributed by atoms with E-state index >= 15 is 0 Å². The van der Waals surface area contributed by atoms with Crippen molar-refractivity contribution in [2.24, 2.45) is 0 Å². The van der Waals surface area contributed by atoms with E-state index in [2.05, 4.69) is 83.8 Å². The second kappa shape index (κ2) is 6.71. The minimum absolute atomic E-state index is 1.20. The summed E-state index contributed by atoms with van der Waals surface area (Å²) in [5.74, 6) is 0. The minimum Gasteiger partial charge on any atom is -0.308 e. The fraction of sp³-hybridized carbons (Fsp3) is 0.100. The van der Waals surface area contributed by atoms with Gasteiger partial charge in [0, 0.05) is 15.5 Å². The van der Waals surface area contributed by atoms with Gasteiger partial charge in [-0.25, -0.2) is 0 Å². The molecule has 0 aliphatic carbocycles. The smallest absolute Gasteiger partial charge is 0.0601 e. The number of nitrogens with zero attached hydrogens (tertiary/aromatic N) is 1. The summed E-state index contributed by atoms with van der Waals surface area (Å²) >= 11 is 1.84. The first-order chi connectivity index (χ1) is 10.9. The van der Waals surface area contributed by atoms with E-state index in [0.717, 1.165) is 0 Å². The number of anilines is 3. The van der Waals surface area contributed by atoms with Gasteiger partial charge in [0.15, 0.2) is 0 Å². The van der Waals surface area contributed by atoms with E-state index in [9.17, 15) is 0 Å². The topological polar surface area (TPSA) is 3.24 Å². The second-order valence-corrected chi connectivity index (χ2v) is 5.79. The first-order valence-electron chi connectivity index (χ1n) is 7.64. The van der Waals surface area contributed by atoms with Crippen molar-refractivity contribution in [3.8, 4) is 0 Å². The quantitative estimate of drug-likeness (QED) is 0.387. The molecule has 0 aromatic heterocycles. The molecule has 2 heteroatoms. The summed E-state index contributed by atoms with van der Waals surface area (Å²) in [7, 11) is 0. The van der Waals surface area contributed by atoms with Gasteiger partial charge in [0.2, 0.25) is 0 Å². The van der Waals surface area contributed by atoms with Gasteiger partial charge in [0.1, 0.15) is 0 Å². The summed E-state index contributed by atoms with van der Waals surface area (Å²) in [4.78, 5) is 4.94. The van der Waals surface area contributed by atoms with Gasteiger partial charge in [0.05, 0.1) is 11.4 Å². The van der Waals surface area contributed by atoms with Crippen LogP contribution >= 0.6 is 11.8 Å². The molecule has 1 nitrogen and oxygen atoms in total. The summed E-state index contributed by atoms with van der Waals surface area (Å²) in [5.41, 5.74) is 3.71. The van der Waals surface area contributed by atoms with Crippen LogP contribution in [0.3, 0.4) is 0 Å². The van der Waals surface area contributed by atoms with Crippen molar-refractivity contribution in [2.45, 2.75) is 23.6 Å². The Hall–Kier alpha value is -2.19. The third kappa shape index (κ3) is 2.62. The first-order valence-corrected chi connectivity index (χ1v) is 8.46. The molecule has 1 aliphatic rings. The van der Waals surface area contributed by atoms with Gasteiger partial charge in [-0.1, -0.05) is 68.1 Å². The number of hydrogen-bond acceptors (Lipinski definition) is 2. The van der Waals surface area contributed by atoms with E-state index in [1.54, 1.807) is 0 Å². The van der Waals surface area contributed by atoms with Crippen LogP contribution in [0.15, 0.2) is 88.7 Å². The van der Waals surface area contributed by atoms with Crippen molar-refractivity contribution in [1.82, 2.24) is 0 Å². The van der Waals surface area contributed by atoms with Crippen molar-refractivity contribution < 1.29 is 0 Å². The van der Waals surface area contributed by atoms with E-state index in [-0.39, 0.29) is 0 Å². The predicted octanol–water partition coefficient (Wildman–Crippen LogP) is 6.65. The summed E-state index contributed by atoms with van der Waals surface area (Å²) in [6.45, 7) is 4.00. The summed E-state index contributed by atoms with van der Waals surface area (Å²) in [6, 6.07) is 27.7. The first kappa shape index (κ1) is 14.7. The van der Waals surface area contributed by atoms with E-state index in [0.29, 0.717) is 0 Å². The van der Waals surface area contributed by atoms with Crippen LogP contribution < -0.4 is 4.90 Å². The molecule has 0 amide bonds. The van der Waals surface area contributed by atoms with Gasteiger partial charge in [-0.3, -0.25) is 0 Å². The van der Waals surface area contributed by atoms with Crippen LogP contribution in [0.2, 0.25) is 0 Å². The lowest BCUT2D eigenvalue weighted by atomic mass is 10.2. The van der Waals surface area contributed by atoms with Crippen molar-refractivity contribution >= 4 is 28.8 Å². The maximum atomic E-state index is 2.33. The second-order valence-electron chi connectivity index (χ2n) is 4.71. The molecule has 0 N–H and O–H groups in total. The highest BCUT2D eigenvalue weighted by molar-refractivity contribution is 7.99. The zero-order chi connectivity index (χ0) is 15.4. The third-order valence-corrected chi connectivity index (χ3v) is 4.58. The Morgan fingerprint density at radius 3 is 1.59 bits per heavy atom. The molecule has 110 valence electrons. The third-order valence-electron chi connectivity index (χ3n) is 3.45. The van der Waals surface area contributed by atoms with E-state index in [1.165, 1.54) is 26.9 Å². The maximum absolute atomic E-state index is 2.33. The number of benzene rings is 3. The molecule has 0 fully saturated rings. The number of fused-ring (bicyclic) bond motifs is 2. The largest absolute Gasteiger partial charge is 0.308 e. The van der Waals surface area contributed by atoms with Gasteiger partial charge in [-0.15, -0.1) is 0 Å². The molecular formula is C20H19NS. The van der Waals surface area contributed by atoms with E-state index in [1.807, 2.05) is 25.6 Å². The van der Waals surface area contributed by atoms with Crippen molar-refractivity contribution in [3.63, 3.8) is 0 Å². The monoisotopic (exact) mass is 305 g/mol. The van der Waals surface area contributed by atoms with Crippen molar-refractivity contribution in [2.75, 3.05) is 4.90 Å². The molecule has 0 atom stereocenters. The van der Waals surface area contributed by atoms with Crippen LogP contribution in [0.25, 0.3) is 0 Å². The molecule has 3 aromatic rings. The van der Waals surface area contributed by atoms with E-state index in [4.69, 9.17) is 0 Å². The van der Waals surface area contributed by atoms with Gasteiger partial charge in [0.25, 0.3) is 0 Å². The van der Waals surface area contributed by atoms with Crippen LogP contribution in [0.5, 0.6) is 0 Å². The Morgan fingerprint density at radius 1 is 0.591 bits per heavy atom. The maximum Gasteiger partial charge on any atom is 0.0601 e. The molecule has 0 radical (unpaired) electrons. The average molecular weight is 305 g/mol. The Kier molecular flexibility index (Phi) is 4.50. The molecule has 3 aromatic carbocycles. The minimum atomic E-state index is 1.20. The van der Waals surface area contributed by atoms with Crippen LogP contribution in [0.4, 0.5) is 17.1 Å². The van der Waals surface area contributed by atoms with Gasteiger partial charge in [-0.2, -0.15) is 0 Å². The molecule has 4 rings (SSSR count). The molecule has 1 aliphatic heterocycles.